The lowest BCUT2D eigenvalue weighted by molar-refractivity contribution is 0.660. The molecule has 194 valence electrons. The standard InChI is InChI=1S/C38H26N2S/c1-38(2)32-11-5-3-8-26(32)30-20-23(13-17-33(30)38)24-14-18-35-31(21-24)28-16-15-25(22-36(28)41-35)40-34-12-6-4-9-27(34)29-10-7-19-39-37(29)40/h3-22H,1-2H3. The van der Waals surface area contributed by atoms with Crippen LogP contribution in [0.5, 0.6) is 0 Å². The molecule has 0 saturated heterocycles. The van der Waals surface area contributed by atoms with Crippen molar-refractivity contribution in [2.75, 3.05) is 0 Å². The third-order valence-corrected chi connectivity index (χ3v) is 10.2. The minimum Gasteiger partial charge on any atom is -0.294 e. The summed E-state index contributed by atoms with van der Waals surface area (Å²) in [5.41, 5.74) is 11.4. The van der Waals surface area contributed by atoms with Crippen LogP contribution >= 0.6 is 11.3 Å². The van der Waals surface area contributed by atoms with Gasteiger partial charge in [-0.15, -0.1) is 11.3 Å². The minimum absolute atomic E-state index is 0.0293. The van der Waals surface area contributed by atoms with Gasteiger partial charge in [-0.2, -0.15) is 0 Å². The van der Waals surface area contributed by atoms with Crippen LogP contribution in [0.25, 0.3) is 70.0 Å². The van der Waals surface area contributed by atoms with Gasteiger partial charge in [0.1, 0.15) is 5.65 Å². The second-order valence-corrected chi connectivity index (χ2v) is 12.7. The zero-order valence-electron chi connectivity index (χ0n) is 22.8. The molecule has 8 aromatic rings. The molecule has 41 heavy (non-hydrogen) atoms. The molecule has 0 saturated carbocycles. The predicted octanol–water partition coefficient (Wildman–Crippen LogP) is 10.5. The van der Waals surface area contributed by atoms with Crippen molar-refractivity contribution in [3.63, 3.8) is 0 Å². The lowest BCUT2D eigenvalue weighted by Crippen LogP contribution is -2.14. The zero-order chi connectivity index (χ0) is 27.3. The first-order chi connectivity index (χ1) is 20.1. The second kappa shape index (κ2) is 8.15. The summed E-state index contributed by atoms with van der Waals surface area (Å²) in [4.78, 5) is 4.78. The second-order valence-electron chi connectivity index (χ2n) is 11.7. The summed E-state index contributed by atoms with van der Waals surface area (Å²) in [6.07, 6.45) is 1.88. The maximum atomic E-state index is 4.78. The van der Waals surface area contributed by atoms with Crippen molar-refractivity contribution in [3.8, 4) is 27.9 Å². The average molecular weight is 543 g/mol. The van der Waals surface area contributed by atoms with E-state index in [1.807, 2.05) is 23.6 Å². The molecule has 0 unspecified atom stereocenters. The molecule has 3 heterocycles. The van der Waals surface area contributed by atoms with Crippen molar-refractivity contribution in [3.05, 3.63) is 133 Å². The van der Waals surface area contributed by atoms with Crippen LogP contribution in [0.1, 0.15) is 25.0 Å². The monoisotopic (exact) mass is 542 g/mol. The number of nitrogens with zero attached hydrogens (tertiary/aromatic N) is 2. The van der Waals surface area contributed by atoms with Gasteiger partial charge in [0.05, 0.1) is 5.52 Å². The Morgan fingerprint density at radius 3 is 2.32 bits per heavy atom. The zero-order valence-corrected chi connectivity index (χ0v) is 23.7. The summed E-state index contributed by atoms with van der Waals surface area (Å²) in [6, 6.07) is 42.5. The Labute approximate surface area is 242 Å². The highest BCUT2D eigenvalue weighted by Gasteiger charge is 2.35. The molecule has 3 aromatic heterocycles. The Morgan fingerprint density at radius 1 is 0.585 bits per heavy atom. The minimum atomic E-state index is 0.0293. The van der Waals surface area contributed by atoms with Crippen LogP contribution in [-0.4, -0.2) is 9.55 Å². The van der Waals surface area contributed by atoms with E-state index in [2.05, 4.69) is 128 Å². The molecule has 0 radical (unpaired) electrons. The summed E-state index contributed by atoms with van der Waals surface area (Å²) >= 11 is 1.86. The predicted molar refractivity (Wildman–Crippen MR) is 174 cm³/mol. The van der Waals surface area contributed by atoms with E-state index in [9.17, 15) is 0 Å². The summed E-state index contributed by atoms with van der Waals surface area (Å²) < 4.78 is 4.90. The number of rotatable bonds is 2. The van der Waals surface area contributed by atoms with E-state index in [-0.39, 0.29) is 5.41 Å². The Morgan fingerprint density at radius 2 is 1.37 bits per heavy atom. The van der Waals surface area contributed by atoms with E-state index < -0.39 is 0 Å². The first kappa shape index (κ1) is 23.0. The molecule has 0 fully saturated rings. The lowest BCUT2D eigenvalue weighted by Gasteiger charge is -2.21. The van der Waals surface area contributed by atoms with Crippen molar-refractivity contribution in [2.24, 2.45) is 0 Å². The van der Waals surface area contributed by atoms with Crippen molar-refractivity contribution < 1.29 is 0 Å². The molecule has 1 aliphatic rings. The molecule has 1 aliphatic carbocycles. The number of thiophene rings is 1. The Bertz CT molecular complexity index is 2300. The van der Waals surface area contributed by atoms with E-state index in [0.717, 1.165) is 11.3 Å². The highest BCUT2D eigenvalue weighted by molar-refractivity contribution is 7.25. The van der Waals surface area contributed by atoms with E-state index in [1.165, 1.54) is 69.8 Å². The SMILES string of the molecule is CC1(C)c2ccccc2-c2cc(-c3ccc4sc5cc(-n6c7ccccc7c7cccnc76)ccc5c4c3)ccc21. The van der Waals surface area contributed by atoms with E-state index in [4.69, 9.17) is 4.98 Å². The molecule has 3 heteroatoms. The van der Waals surface area contributed by atoms with Crippen LogP contribution in [0.4, 0.5) is 0 Å². The molecule has 0 spiro atoms. The van der Waals surface area contributed by atoms with Crippen molar-refractivity contribution in [1.29, 1.82) is 0 Å². The van der Waals surface area contributed by atoms with Crippen LogP contribution in [0.15, 0.2) is 121 Å². The number of para-hydroxylation sites is 1. The largest absolute Gasteiger partial charge is 0.294 e. The number of pyridine rings is 1. The highest BCUT2D eigenvalue weighted by Crippen LogP contribution is 2.49. The van der Waals surface area contributed by atoms with Gasteiger partial charge in [0.25, 0.3) is 0 Å². The van der Waals surface area contributed by atoms with Gasteiger partial charge in [0, 0.05) is 48.2 Å². The van der Waals surface area contributed by atoms with Crippen molar-refractivity contribution >= 4 is 53.4 Å². The topological polar surface area (TPSA) is 17.8 Å². The lowest BCUT2D eigenvalue weighted by atomic mass is 9.82. The Hall–Kier alpha value is -4.73. The highest BCUT2D eigenvalue weighted by atomic mass is 32.1. The first-order valence-electron chi connectivity index (χ1n) is 14.1. The number of hydrogen-bond acceptors (Lipinski definition) is 2. The van der Waals surface area contributed by atoms with Gasteiger partial charge in [-0.1, -0.05) is 80.6 Å². The van der Waals surface area contributed by atoms with Crippen LogP contribution in [-0.2, 0) is 5.41 Å². The Balaban J connectivity index is 1.19. The van der Waals surface area contributed by atoms with Gasteiger partial charge in [0.2, 0.25) is 0 Å². The van der Waals surface area contributed by atoms with Crippen molar-refractivity contribution in [2.45, 2.75) is 19.3 Å². The maximum Gasteiger partial charge on any atom is 0.145 e. The molecule has 2 nitrogen and oxygen atoms in total. The summed E-state index contributed by atoms with van der Waals surface area (Å²) in [5, 5.41) is 5.04. The first-order valence-corrected chi connectivity index (χ1v) is 15.0. The van der Waals surface area contributed by atoms with E-state index >= 15 is 0 Å². The van der Waals surface area contributed by atoms with Gasteiger partial charge in [-0.25, -0.2) is 4.98 Å². The van der Waals surface area contributed by atoms with Gasteiger partial charge in [0.15, 0.2) is 0 Å². The molecule has 5 aromatic carbocycles. The summed E-state index contributed by atoms with van der Waals surface area (Å²) in [7, 11) is 0. The fraction of sp³-hybridized carbons (Fsp3) is 0.0789. The van der Waals surface area contributed by atoms with Gasteiger partial charge >= 0.3 is 0 Å². The van der Waals surface area contributed by atoms with Crippen LogP contribution < -0.4 is 0 Å². The number of hydrogen-bond donors (Lipinski definition) is 0. The summed E-state index contributed by atoms with van der Waals surface area (Å²) in [6.45, 7) is 4.68. The molecule has 0 amide bonds. The molecular weight excluding hydrogens is 516 g/mol. The number of benzene rings is 5. The summed E-state index contributed by atoms with van der Waals surface area (Å²) in [5.74, 6) is 0. The van der Waals surface area contributed by atoms with Crippen LogP contribution in [0, 0.1) is 0 Å². The maximum absolute atomic E-state index is 4.78. The third-order valence-electron chi connectivity index (χ3n) is 9.06. The normalized spacial score (nSPS) is 13.8. The van der Waals surface area contributed by atoms with Gasteiger partial charge < -0.3 is 0 Å². The molecule has 0 atom stereocenters. The fourth-order valence-electron chi connectivity index (χ4n) is 7.04. The van der Waals surface area contributed by atoms with Crippen LogP contribution in [0.3, 0.4) is 0 Å². The van der Waals surface area contributed by atoms with Gasteiger partial charge in [-0.05, 0) is 81.9 Å². The van der Waals surface area contributed by atoms with Crippen LogP contribution in [0.2, 0.25) is 0 Å². The quantitative estimate of drug-likeness (QED) is 0.212. The van der Waals surface area contributed by atoms with Crippen molar-refractivity contribution in [1.82, 2.24) is 9.55 Å². The molecule has 0 aliphatic heterocycles. The molecule has 0 N–H and O–H groups in total. The number of aromatic nitrogens is 2. The average Bonchev–Trinajstić information content (AvgIpc) is 3.62. The fourth-order valence-corrected chi connectivity index (χ4v) is 8.16. The third kappa shape index (κ3) is 3.15. The van der Waals surface area contributed by atoms with Gasteiger partial charge in [-0.3, -0.25) is 4.57 Å². The molecule has 9 rings (SSSR count). The smallest absolute Gasteiger partial charge is 0.145 e. The molecular formula is C38H26N2S. The van der Waals surface area contributed by atoms with E-state index in [1.54, 1.807) is 0 Å². The number of fused-ring (bicyclic) bond motifs is 9. The molecule has 0 bridgehead atoms. The Kier molecular flexibility index (Phi) is 4.58. The van der Waals surface area contributed by atoms with E-state index in [0.29, 0.717) is 0 Å².